The lowest BCUT2D eigenvalue weighted by Crippen LogP contribution is -2.36. The van der Waals surface area contributed by atoms with Crippen LogP contribution in [0.15, 0.2) is 0 Å². The topological polar surface area (TPSA) is 67.4 Å². The molecule has 0 spiro atoms. The third-order valence-corrected chi connectivity index (χ3v) is 3.76. The van der Waals surface area contributed by atoms with Gasteiger partial charge < -0.3 is 10.1 Å². The molecule has 0 radical (unpaired) electrons. The molecule has 0 aromatic rings. The Morgan fingerprint density at radius 3 is 2.69 bits per heavy atom. The van der Waals surface area contributed by atoms with Gasteiger partial charge in [-0.25, -0.2) is 13.1 Å². The lowest BCUT2D eigenvalue weighted by atomic mass is 10.3. The highest BCUT2D eigenvalue weighted by molar-refractivity contribution is 7.89. The minimum absolute atomic E-state index is 0. The van der Waals surface area contributed by atoms with Crippen LogP contribution in [0.4, 0.5) is 0 Å². The minimum Gasteiger partial charge on any atom is -0.377 e. The quantitative estimate of drug-likeness (QED) is 0.646. The van der Waals surface area contributed by atoms with Gasteiger partial charge in [0, 0.05) is 19.7 Å². The van der Waals surface area contributed by atoms with Crippen LogP contribution in [0.2, 0.25) is 0 Å². The first kappa shape index (κ1) is 16.1. The Bertz CT molecular complexity index is 266. The van der Waals surface area contributed by atoms with Gasteiger partial charge in [-0.3, -0.25) is 0 Å². The fourth-order valence-electron chi connectivity index (χ4n) is 1.55. The van der Waals surface area contributed by atoms with Crippen molar-refractivity contribution in [2.75, 3.05) is 32.0 Å². The highest BCUT2D eigenvalue weighted by Crippen LogP contribution is 2.13. The van der Waals surface area contributed by atoms with Gasteiger partial charge in [-0.1, -0.05) is 6.92 Å². The van der Waals surface area contributed by atoms with Crippen molar-refractivity contribution in [2.45, 2.75) is 25.9 Å². The van der Waals surface area contributed by atoms with Crippen molar-refractivity contribution in [1.29, 1.82) is 0 Å². The Hall–Kier alpha value is 0.120. The van der Waals surface area contributed by atoms with Gasteiger partial charge in [0.1, 0.15) is 0 Å². The fraction of sp³-hybridized carbons (Fsp3) is 1.00. The lowest BCUT2D eigenvalue weighted by molar-refractivity contribution is 0.127. The number of hydrogen-bond acceptors (Lipinski definition) is 4. The first-order chi connectivity index (χ1) is 7.14. The monoisotopic (exact) mass is 272 g/mol. The molecule has 0 aromatic carbocycles. The molecule has 1 saturated heterocycles. The second kappa shape index (κ2) is 8.25. The first-order valence-corrected chi connectivity index (χ1v) is 7.09. The highest BCUT2D eigenvalue weighted by Gasteiger charge is 2.22. The average Bonchev–Trinajstić information content (AvgIpc) is 2.64. The maximum absolute atomic E-state index is 11.5. The van der Waals surface area contributed by atoms with Crippen LogP contribution in [0.1, 0.15) is 19.8 Å². The molecule has 1 aliphatic rings. The minimum atomic E-state index is -3.16. The van der Waals surface area contributed by atoms with E-state index in [0.29, 0.717) is 19.7 Å². The lowest BCUT2D eigenvalue weighted by Gasteiger charge is -2.11. The van der Waals surface area contributed by atoms with Crippen molar-refractivity contribution < 1.29 is 13.2 Å². The van der Waals surface area contributed by atoms with Gasteiger partial charge in [-0.15, -0.1) is 12.4 Å². The van der Waals surface area contributed by atoms with E-state index in [9.17, 15) is 8.42 Å². The van der Waals surface area contributed by atoms with Crippen LogP contribution in [-0.2, 0) is 14.8 Å². The zero-order chi connectivity index (χ0) is 11.1. The highest BCUT2D eigenvalue weighted by atomic mass is 35.5. The molecule has 0 aromatic heterocycles. The molecule has 1 aliphatic heterocycles. The second-order valence-corrected chi connectivity index (χ2v) is 5.52. The molecule has 1 unspecified atom stereocenters. The maximum Gasteiger partial charge on any atom is 0.214 e. The third kappa shape index (κ3) is 6.65. The van der Waals surface area contributed by atoms with Gasteiger partial charge in [0.2, 0.25) is 10.0 Å². The van der Waals surface area contributed by atoms with Crippen LogP contribution >= 0.6 is 12.4 Å². The molecule has 2 N–H and O–H groups in total. The molecule has 1 rings (SSSR count). The Kier molecular flexibility index (Phi) is 8.31. The number of halogens is 1. The molecule has 0 aliphatic carbocycles. The SMILES string of the molecule is CCNCCNS(=O)(=O)CC1CCCO1.Cl. The van der Waals surface area contributed by atoms with Crippen LogP contribution in [0.3, 0.4) is 0 Å². The summed E-state index contributed by atoms with van der Waals surface area (Å²) in [6.45, 7) is 4.65. The summed E-state index contributed by atoms with van der Waals surface area (Å²) >= 11 is 0. The Balaban J connectivity index is 0.00000225. The summed E-state index contributed by atoms with van der Waals surface area (Å²) in [5.41, 5.74) is 0. The van der Waals surface area contributed by atoms with Gasteiger partial charge in [-0.2, -0.15) is 0 Å². The molecule has 98 valence electrons. The Morgan fingerprint density at radius 2 is 2.12 bits per heavy atom. The van der Waals surface area contributed by atoms with E-state index in [1.165, 1.54) is 0 Å². The van der Waals surface area contributed by atoms with Crippen LogP contribution in [0.25, 0.3) is 0 Å². The number of sulfonamides is 1. The van der Waals surface area contributed by atoms with E-state index in [4.69, 9.17) is 4.74 Å². The molecule has 16 heavy (non-hydrogen) atoms. The second-order valence-electron chi connectivity index (χ2n) is 3.66. The summed E-state index contributed by atoms with van der Waals surface area (Å²) in [5, 5.41) is 3.06. The van der Waals surface area contributed by atoms with Gasteiger partial charge in [0.25, 0.3) is 0 Å². The molecule has 0 amide bonds. The summed E-state index contributed by atoms with van der Waals surface area (Å²) in [4.78, 5) is 0. The average molecular weight is 273 g/mol. The van der Waals surface area contributed by atoms with Crippen LogP contribution in [0, 0.1) is 0 Å². The molecule has 1 fully saturated rings. The van der Waals surface area contributed by atoms with Crippen LogP contribution in [-0.4, -0.2) is 46.5 Å². The zero-order valence-electron chi connectivity index (χ0n) is 9.57. The molecule has 7 heteroatoms. The number of likely N-dealkylation sites (N-methyl/N-ethyl adjacent to an activating group) is 1. The molecule has 0 bridgehead atoms. The van der Waals surface area contributed by atoms with E-state index in [1.807, 2.05) is 6.92 Å². The number of rotatable bonds is 7. The van der Waals surface area contributed by atoms with Crippen molar-refractivity contribution in [3.63, 3.8) is 0 Å². The summed E-state index contributed by atoms with van der Waals surface area (Å²) in [7, 11) is -3.16. The largest absolute Gasteiger partial charge is 0.377 e. The van der Waals surface area contributed by atoms with Crippen LogP contribution < -0.4 is 10.0 Å². The Labute approximate surface area is 104 Å². The van der Waals surface area contributed by atoms with Crippen molar-refractivity contribution in [3.05, 3.63) is 0 Å². The normalized spacial score (nSPS) is 20.7. The molecule has 5 nitrogen and oxygen atoms in total. The standard InChI is InChI=1S/C9H20N2O3S.ClH/c1-2-10-5-6-11-15(12,13)8-9-4-3-7-14-9;/h9-11H,2-8H2,1H3;1H. The number of nitrogens with one attached hydrogen (secondary N) is 2. The predicted molar refractivity (Wildman–Crippen MR) is 66.6 cm³/mol. The summed E-state index contributed by atoms with van der Waals surface area (Å²) in [6.07, 6.45) is 1.72. The van der Waals surface area contributed by atoms with E-state index in [1.54, 1.807) is 0 Å². The molecular formula is C9H21ClN2O3S. The summed E-state index contributed by atoms with van der Waals surface area (Å²) in [6, 6.07) is 0. The van der Waals surface area contributed by atoms with Crippen molar-refractivity contribution in [3.8, 4) is 0 Å². The third-order valence-electron chi connectivity index (χ3n) is 2.30. The van der Waals surface area contributed by atoms with E-state index >= 15 is 0 Å². The zero-order valence-corrected chi connectivity index (χ0v) is 11.2. The summed E-state index contributed by atoms with van der Waals surface area (Å²) in [5.74, 6) is 0.0964. The van der Waals surface area contributed by atoms with E-state index < -0.39 is 10.0 Å². The first-order valence-electron chi connectivity index (χ1n) is 5.43. The summed E-state index contributed by atoms with van der Waals surface area (Å²) < 4.78 is 30.9. The molecule has 0 saturated carbocycles. The van der Waals surface area contributed by atoms with Crippen molar-refractivity contribution in [1.82, 2.24) is 10.0 Å². The Morgan fingerprint density at radius 1 is 1.38 bits per heavy atom. The van der Waals surface area contributed by atoms with Crippen molar-refractivity contribution >= 4 is 22.4 Å². The smallest absolute Gasteiger partial charge is 0.214 e. The number of hydrogen-bond donors (Lipinski definition) is 2. The van der Waals surface area contributed by atoms with Crippen LogP contribution in [0.5, 0.6) is 0 Å². The fourth-order valence-corrected chi connectivity index (χ4v) is 2.83. The van der Waals surface area contributed by atoms with E-state index in [0.717, 1.165) is 19.4 Å². The van der Waals surface area contributed by atoms with Gasteiger partial charge in [0.15, 0.2) is 0 Å². The van der Waals surface area contributed by atoms with E-state index in [2.05, 4.69) is 10.0 Å². The maximum atomic E-state index is 11.5. The molecule has 1 heterocycles. The van der Waals surface area contributed by atoms with Gasteiger partial charge >= 0.3 is 0 Å². The molecular weight excluding hydrogens is 252 g/mol. The predicted octanol–water partition coefficient (Wildman–Crippen LogP) is 0.116. The molecule has 1 atom stereocenters. The van der Waals surface area contributed by atoms with E-state index in [-0.39, 0.29) is 24.3 Å². The van der Waals surface area contributed by atoms with Crippen molar-refractivity contribution in [2.24, 2.45) is 0 Å². The number of ether oxygens (including phenoxy) is 1. The van der Waals surface area contributed by atoms with Gasteiger partial charge in [-0.05, 0) is 19.4 Å². The van der Waals surface area contributed by atoms with Gasteiger partial charge in [0.05, 0.1) is 11.9 Å².